The predicted octanol–water partition coefficient (Wildman–Crippen LogP) is 3.93. The molecule has 0 amide bonds. The summed E-state index contributed by atoms with van der Waals surface area (Å²) in [5.74, 6) is 0.291. The second-order valence-corrected chi connectivity index (χ2v) is 9.15. The van der Waals surface area contributed by atoms with Gasteiger partial charge in [-0.25, -0.2) is 8.42 Å². The van der Waals surface area contributed by atoms with Gasteiger partial charge in [-0.05, 0) is 56.7 Å². The molecule has 0 fully saturated rings. The van der Waals surface area contributed by atoms with Crippen molar-refractivity contribution in [1.82, 2.24) is 0 Å². The van der Waals surface area contributed by atoms with E-state index in [-0.39, 0.29) is 17.1 Å². The lowest BCUT2D eigenvalue weighted by atomic mass is 10.0. The minimum Gasteiger partial charge on any atom is -0.466 e. The van der Waals surface area contributed by atoms with Crippen LogP contribution in [0.5, 0.6) is 0 Å². The molecule has 0 bridgehead atoms. The Labute approximate surface area is 179 Å². The van der Waals surface area contributed by atoms with E-state index < -0.39 is 26.2 Å². The van der Waals surface area contributed by atoms with Gasteiger partial charge in [-0.1, -0.05) is 17.7 Å². The van der Waals surface area contributed by atoms with Crippen LogP contribution < -0.4 is 10.0 Å². The van der Waals surface area contributed by atoms with E-state index in [4.69, 9.17) is 4.42 Å². The largest absolute Gasteiger partial charge is 0.466 e. The van der Waals surface area contributed by atoms with Crippen LogP contribution in [0.4, 0.5) is 17.1 Å². The molecule has 0 saturated carbocycles. The number of nitro groups is 1. The molecule has 3 N–H and O–H groups in total. The van der Waals surface area contributed by atoms with Crippen LogP contribution in [0.2, 0.25) is 0 Å². The second-order valence-electron chi connectivity index (χ2n) is 7.46. The molecular weight excluding hydrogens is 422 g/mol. The number of furan rings is 1. The molecule has 0 aliphatic carbocycles. The van der Waals surface area contributed by atoms with Crippen molar-refractivity contribution in [3.63, 3.8) is 0 Å². The van der Waals surface area contributed by atoms with E-state index in [9.17, 15) is 23.6 Å². The minimum atomic E-state index is -4.05. The highest BCUT2D eigenvalue weighted by atomic mass is 32.2. The zero-order chi connectivity index (χ0) is 22.8. The van der Waals surface area contributed by atoms with E-state index in [1.807, 2.05) is 13.0 Å². The number of aliphatic hydroxyl groups is 1. The van der Waals surface area contributed by atoms with Gasteiger partial charge in [0.1, 0.15) is 17.0 Å². The smallest absolute Gasteiger partial charge is 0.293 e. The van der Waals surface area contributed by atoms with Gasteiger partial charge in [0.05, 0.1) is 28.3 Å². The van der Waals surface area contributed by atoms with Crippen molar-refractivity contribution >= 4 is 27.1 Å². The Morgan fingerprint density at radius 1 is 1.13 bits per heavy atom. The molecule has 3 rings (SSSR count). The fraction of sp³-hybridized carbons (Fsp3) is 0.238. The summed E-state index contributed by atoms with van der Waals surface area (Å²) in [5.41, 5.74) is 0.326. The van der Waals surface area contributed by atoms with Crippen molar-refractivity contribution in [3.8, 4) is 0 Å². The van der Waals surface area contributed by atoms with Gasteiger partial charge < -0.3 is 14.8 Å². The average Bonchev–Trinajstić information content (AvgIpc) is 3.24. The third kappa shape index (κ3) is 5.04. The Morgan fingerprint density at radius 3 is 2.45 bits per heavy atom. The van der Waals surface area contributed by atoms with Crippen molar-refractivity contribution in [2.45, 2.75) is 31.3 Å². The molecule has 9 nitrogen and oxygen atoms in total. The van der Waals surface area contributed by atoms with Crippen LogP contribution in [0.3, 0.4) is 0 Å². The average molecular weight is 445 g/mol. The van der Waals surface area contributed by atoms with Gasteiger partial charge in [-0.15, -0.1) is 0 Å². The molecule has 1 aromatic heterocycles. The van der Waals surface area contributed by atoms with E-state index in [0.717, 1.165) is 17.2 Å². The first kappa shape index (κ1) is 22.3. The van der Waals surface area contributed by atoms with E-state index in [2.05, 4.69) is 10.0 Å². The summed E-state index contributed by atoms with van der Waals surface area (Å²) < 4.78 is 33.2. The normalized spacial score (nSPS) is 13.4. The molecule has 0 saturated heterocycles. The monoisotopic (exact) mass is 445 g/mol. The SMILES string of the molecule is Cc1ccc(NS(=O)(=O)c2ccc(NCC(C)(O)c3ccco3)c([N+](=O)[O-])c2)c(C)c1. The van der Waals surface area contributed by atoms with Crippen LogP contribution in [-0.2, 0) is 15.6 Å². The molecule has 0 aliphatic heterocycles. The molecule has 0 radical (unpaired) electrons. The zero-order valence-electron chi connectivity index (χ0n) is 17.2. The minimum absolute atomic E-state index is 0.0716. The van der Waals surface area contributed by atoms with Crippen LogP contribution in [0.15, 0.2) is 64.1 Å². The van der Waals surface area contributed by atoms with Crippen LogP contribution in [0.1, 0.15) is 23.8 Å². The lowest BCUT2D eigenvalue weighted by Gasteiger charge is -2.22. The summed E-state index contributed by atoms with van der Waals surface area (Å²) >= 11 is 0. The van der Waals surface area contributed by atoms with Gasteiger partial charge in [0, 0.05) is 6.07 Å². The molecule has 0 spiro atoms. The first-order chi connectivity index (χ1) is 14.5. The summed E-state index contributed by atoms with van der Waals surface area (Å²) in [6.07, 6.45) is 1.41. The van der Waals surface area contributed by atoms with Crippen molar-refractivity contribution in [3.05, 3.63) is 81.8 Å². The van der Waals surface area contributed by atoms with Gasteiger partial charge in [0.15, 0.2) is 0 Å². The number of hydrogen-bond donors (Lipinski definition) is 3. The molecule has 0 aliphatic rings. The summed E-state index contributed by atoms with van der Waals surface area (Å²) in [7, 11) is -4.05. The second kappa shape index (κ2) is 8.40. The number of sulfonamides is 1. The first-order valence-corrected chi connectivity index (χ1v) is 10.9. The van der Waals surface area contributed by atoms with Gasteiger partial charge in [0.2, 0.25) is 0 Å². The Kier molecular flexibility index (Phi) is 6.05. The lowest BCUT2D eigenvalue weighted by Crippen LogP contribution is -2.30. The maximum Gasteiger partial charge on any atom is 0.293 e. The fourth-order valence-corrected chi connectivity index (χ4v) is 4.20. The van der Waals surface area contributed by atoms with E-state index >= 15 is 0 Å². The lowest BCUT2D eigenvalue weighted by molar-refractivity contribution is -0.384. The molecule has 10 heteroatoms. The molecule has 164 valence electrons. The molecule has 31 heavy (non-hydrogen) atoms. The summed E-state index contributed by atoms with van der Waals surface area (Å²) in [6, 6.07) is 12.0. The van der Waals surface area contributed by atoms with E-state index in [0.29, 0.717) is 11.4 Å². The van der Waals surface area contributed by atoms with Gasteiger partial charge in [-0.3, -0.25) is 14.8 Å². The third-order valence-electron chi connectivity index (χ3n) is 4.78. The van der Waals surface area contributed by atoms with Crippen LogP contribution in [-0.4, -0.2) is 25.0 Å². The highest BCUT2D eigenvalue weighted by molar-refractivity contribution is 7.92. The van der Waals surface area contributed by atoms with Crippen LogP contribution in [0, 0.1) is 24.0 Å². The highest BCUT2D eigenvalue weighted by Gasteiger charge is 2.28. The number of hydrogen-bond acceptors (Lipinski definition) is 7. The Balaban J connectivity index is 1.86. The molecule has 2 aromatic carbocycles. The number of benzene rings is 2. The van der Waals surface area contributed by atoms with Crippen molar-refractivity contribution in [1.29, 1.82) is 0 Å². The van der Waals surface area contributed by atoms with Gasteiger partial charge in [-0.2, -0.15) is 0 Å². The zero-order valence-corrected chi connectivity index (χ0v) is 18.1. The maximum absolute atomic E-state index is 12.8. The Bertz CT molecular complexity index is 1200. The Hall–Kier alpha value is -3.37. The molecular formula is C21H23N3O6S. The van der Waals surface area contributed by atoms with E-state index in [1.54, 1.807) is 31.2 Å². The standard InChI is InChI=1S/C21H23N3O6S/c1-14-6-8-17(15(2)11-14)23-31(28,29)16-7-9-18(19(12-16)24(26)27)22-13-21(3,25)20-5-4-10-30-20/h4-12,22-23,25H,13H2,1-3H3. The first-order valence-electron chi connectivity index (χ1n) is 9.38. The van der Waals surface area contributed by atoms with Gasteiger partial charge in [0.25, 0.3) is 15.7 Å². The van der Waals surface area contributed by atoms with Crippen molar-refractivity contribution < 1.29 is 22.9 Å². The number of aryl methyl sites for hydroxylation is 2. The molecule has 1 unspecified atom stereocenters. The number of nitrogens with zero attached hydrogens (tertiary/aromatic N) is 1. The highest BCUT2D eigenvalue weighted by Crippen LogP contribution is 2.30. The summed E-state index contributed by atoms with van der Waals surface area (Å²) in [6.45, 7) is 5.07. The number of nitro benzene ring substituents is 1. The topological polar surface area (TPSA) is 135 Å². The van der Waals surface area contributed by atoms with Crippen molar-refractivity contribution in [2.24, 2.45) is 0 Å². The predicted molar refractivity (Wildman–Crippen MR) is 117 cm³/mol. The number of nitrogens with one attached hydrogen (secondary N) is 2. The van der Waals surface area contributed by atoms with E-state index in [1.165, 1.54) is 25.3 Å². The molecule has 1 atom stereocenters. The third-order valence-corrected chi connectivity index (χ3v) is 6.14. The molecule has 3 aromatic rings. The quantitative estimate of drug-likeness (QED) is 0.353. The van der Waals surface area contributed by atoms with Crippen LogP contribution in [0.25, 0.3) is 0 Å². The Morgan fingerprint density at radius 2 is 1.84 bits per heavy atom. The maximum atomic E-state index is 12.8. The summed E-state index contributed by atoms with van der Waals surface area (Å²) in [5, 5.41) is 24.9. The number of anilines is 2. The van der Waals surface area contributed by atoms with Crippen molar-refractivity contribution in [2.75, 3.05) is 16.6 Å². The van der Waals surface area contributed by atoms with Crippen LogP contribution >= 0.6 is 0 Å². The summed E-state index contributed by atoms with van der Waals surface area (Å²) in [4.78, 5) is 10.6. The fourth-order valence-electron chi connectivity index (χ4n) is 3.05. The number of rotatable bonds is 8. The molecule has 1 heterocycles. The van der Waals surface area contributed by atoms with Gasteiger partial charge >= 0.3 is 0 Å².